The first-order chi connectivity index (χ1) is 8.19. The Balaban J connectivity index is 4.55. The molecule has 0 radical (unpaired) electrons. The van der Waals surface area contributed by atoms with Crippen molar-refractivity contribution in [3.05, 3.63) is 12.7 Å². The normalized spacial score (nSPS) is 12.7. The maximum absolute atomic E-state index is 11.7. The van der Waals surface area contributed by atoms with E-state index in [2.05, 4.69) is 6.58 Å². The van der Waals surface area contributed by atoms with E-state index in [1.54, 1.807) is 20.8 Å². The van der Waals surface area contributed by atoms with Gasteiger partial charge in [-0.2, -0.15) is 0 Å². The molecule has 0 saturated carbocycles. The first-order valence-corrected chi connectivity index (χ1v) is 5.56. The van der Waals surface area contributed by atoms with Gasteiger partial charge in [0.15, 0.2) is 6.04 Å². The van der Waals surface area contributed by atoms with Crippen molar-refractivity contribution in [3.63, 3.8) is 0 Å². The summed E-state index contributed by atoms with van der Waals surface area (Å²) in [5.74, 6) is -1.15. The number of nitrogens with zero attached hydrogens (tertiary/aromatic N) is 1. The SMILES string of the molecule is C=CCOCC(C(=O)O)N(C)C(=O)OC(C)(C)C. The van der Waals surface area contributed by atoms with Gasteiger partial charge in [0.1, 0.15) is 5.60 Å². The summed E-state index contributed by atoms with van der Waals surface area (Å²) >= 11 is 0. The molecule has 0 aromatic rings. The Bertz CT molecular complexity index is 308. The Morgan fingerprint density at radius 2 is 2.00 bits per heavy atom. The zero-order valence-corrected chi connectivity index (χ0v) is 11.3. The standard InChI is InChI=1S/C12H21NO5/c1-6-7-17-8-9(10(14)15)13(5)11(16)18-12(2,3)4/h6,9H,1,7-8H2,2-5H3,(H,14,15). The molecule has 0 heterocycles. The van der Waals surface area contributed by atoms with Crippen molar-refractivity contribution in [2.75, 3.05) is 20.3 Å². The van der Waals surface area contributed by atoms with Gasteiger partial charge in [0, 0.05) is 7.05 Å². The van der Waals surface area contributed by atoms with Gasteiger partial charge < -0.3 is 14.6 Å². The van der Waals surface area contributed by atoms with Crippen LogP contribution in [0.2, 0.25) is 0 Å². The lowest BCUT2D eigenvalue weighted by atomic mass is 10.2. The van der Waals surface area contributed by atoms with Crippen LogP contribution in [0.5, 0.6) is 0 Å². The summed E-state index contributed by atoms with van der Waals surface area (Å²) in [7, 11) is 1.37. The molecule has 104 valence electrons. The third-order valence-corrected chi connectivity index (χ3v) is 1.95. The summed E-state index contributed by atoms with van der Waals surface area (Å²) in [5, 5.41) is 9.03. The van der Waals surface area contributed by atoms with Crippen LogP contribution in [0, 0.1) is 0 Å². The van der Waals surface area contributed by atoms with Crippen molar-refractivity contribution in [2.45, 2.75) is 32.4 Å². The maximum atomic E-state index is 11.7. The number of carbonyl (C=O) groups is 2. The van der Waals surface area contributed by atoms with E-state index in [-0.39, 0.29) is 13.2 Å². The number of hydrogen-bond acceptors (Lipinski definition) is 4. The number of aliphatic carboxylic acids is 1. The minimum atomic E-state index is -1.15. The van der Waals surface area contributed by atoms with Gasteiger partial charge in [-0.15, -0.1) is 6.58 Å². The summed E-state index contributed by atoms with van der Waals surface area (Å²) in [6, 6.07) is -1.08. The van der Waals surface area contributed by atoms with Crippen LogP contribution < -0.4 is 0 Å². The molecule has 0 rings (SSSR count). The molecule has 0 aliphatic rings. The predicted molar refractivity (Wildman–Crippen MR) is 66.4 cm³/mol. The smallest absolute Gasteiger partial charge is 0.410 e. The highest BCUT2D eigenvalue weighted by Gasteiger charge is 2.30. The Kier molecular flexibility index (Phi) is 6.40. The van der Waals surface area contributed by atoms with Crippen molar-refractivity contribution in [1.29, 1.82) is 0 Å². The zero-order chi connectivity index (χ0) is 14.3. The van der Waals surface area contributed by atoms with Crippen LogP contribution in [-0.2, 0) is 14.3 Å². The number of rotatable bonds is 6. The Labute approximate surface area is 107 Å². The lowest BCUT2D eigenvalue weighted by Gasteiger charge is -2.28. The number of ether oxygens (including phenoxy) is 2. The number of hydrogen-bond donors (Lipinski definition) is 1. The third-order valence-electron chi connectivity index (χ3n) is 1.95. The summed E-state index contributed by atoms with van der Waals surface area (Å²) in [6.07, 6.45) is 0.809. The number of carboxylic acid groups (broad SMARTS) is 1. The Morgan fingerprint density at radius 1 is 1.44 bits per heavy atom. The molecule has 18 heavy (non-hydrogen) atoms. The van der Waals surface area contributed by atoms with Crippen molar-refractivity contribution in [1.82, 2.24) is 4.90 Å². The van der Waals surface area contributed by atoms with E-state index in [0.29, 0.717) is 0 Å². The quantitative estimate of drug-likeness (QED) is 0.578. The second-order valence-electron chi connectivity index (χ2n) is 4.77. The monoisotopic (exact) mass is 259 g/mol. The van der Waals surface area contributed by atoms with Crippen LogP contribution in [0.4, 0.5) is 4.79 Å². The van der Waals surface area contributed by atoms with E-state index >= 15 is 0 Å². The van der Waals surface area contributed by atoms with Crippen LogP contribution in [0.25, 0.3) is 0 Å². The highest BCUT2D eigenvalue weighted by molar-refractivity contribution is 5.80. The number of likely N-dealkylation sites (N-methyl/N-ethyl adjacent to an activating group) is 1. The second-order valence-corrected chi connectivity index (χ2v) is 4.77. The summed E-state index contributed by atoms with van der Waals surface area (Å²) in [6.45, 7) is 8.70. The largest absolute Gasteiger partial charge is 0.480 e. The number of amides is 1. The molecule has 0 fully saturated rings. The van der Waals surface area contributed by atoms with Crippen molar-refractivity contribution in [2.24, 2.45) is 0 Å². The molecule has 0 aliphatic heterocycles. The van der Waals surface area contributed by atoms with Crippen LogP contribution in [-0.4, -0.2) is 54.0 Å². The second kappa shape index (κ2) is 7.00. The molecule has 0 bridgehead atoms. The molecule has 6 nitrogen and oxygen atoms in total. The summed E-state index contributed by atoms with van der Waals surface area (Å²) in [4.78, 5) is 23.8. The highest BCUT2D eigenvalue weighted by Crippen LogP contribution is 2.11. The molecule has 1 unspecified atom stereocenters. The van der Waals surface area contributed by atoms with Crippen LogP contribution >= 0.6 is 0 Å². The third kappa shape index (κ3) is 6.24. The van der Waals surface area contributed by atoms with Gasteiger partial charge in [0.05, 0.1) is 13.2 Å². The van der Waals surface area contributed by atoms with Crippen molar-refractivity contribution in [3.8, 4) is 0 Å². The van der Waals surface area contributed by atoms with E-state index in [4.69, 9.17) is 14.6 Å². The first-order valence-electron chi connectivity index (χ1n) is 5.56. The van der Waals surface area contributed by atoms with Gasteiger partial charge >= 0.3 is 12.1 Å². The van der Waals surface area contributed by atoms with Gasteiger partial charge in [-0.05, 0) is 20.8 Å². The minimum Gasteiger partial charge on any atom is -0.480 e. The Hall–Kier alpha value is -1.56. The molecule has 0 aromatic heterocycles. The molecule has 1 amide bonds. The topological polar surface area (TPSA) is 76.1 Å². The van der Waals surface area contributed by atoms with Gasteiger partial charge in [-0.3, -0.25) is 4.90 Å². The fraction of sp³-hybridized carbons (Fsp3) is 0.667. The average molecular weight is 259 g/mol. The molecule has 1 N–H and O–H groups in total. The summed E-state index contributed by atoms with van der Waals surface area (Å²) in [5.41, 5.74) is -0.670. The van der Waals surface area contributed by atoms with Crippen molar-refractivity contribution >= 4 is 12.1 Å². The molecule has 0 aliphatic carbocycles. The van der Waals surface area contributed by atoms with E-state index in [1.165, 1.54) is 13.1 Å². The number of carboxylic acids is 1. The Morgan fingerprint density at radius 3 is 2.39 bits per heavy atom. The van der Waals surface area contributed by atoms with Crippen molar-refractivity contribution < 1.29 is 24.2 Å². The fourth-order valence-corrected chi connectivity index (χ4v) is 1.07. The van der Waals surface area contributed by atoms with Crippen LogP contribution in [0.3, 0.4) is 0 Å². The fourth-order valence-electron chi connectivity index (χ4n) is 1.07. The molecular formula is C12H21NO5. The number of carbonyl (C=O) groups excluding carboxylic acids is 1. The molecule has 0 saturated heterocycles. The van der Waals surface area contributed by atoms with E-state index in [0.717, 1.165) is 4.90 Å². The predicted octanol–water partition coefficient (Wildman–Crippen LogP) is 1.51. The average Bonchev–Trinajstić information content (AvgIpc) is 2.20. The maximum Gasteiger partial charge on any atom is 0.410 e. The molecular weight excluding hydrogens is 238 g/mol. The lowest BCUT2D eigenvalue weighted by Crippen LogP contribution is -2.47. The highest BCUT2D eigenvalue weighted by atomic mass is 16.6. The molecule has 6 heteroatoms. The van der Waals surface area contributed by atoms with E-state index in [1.807, 2.05) is 0 Å². The summed E-state index contributed by atoms with van der Waals surface area (Å²) < 4.78 is 10.1. The first kappa shape index (κ1) is 16.4. The van der Waals surface area contributed by atoms with Gasteiger partial charge in [0.2, 0.25) is 0 Å². The van der Waals surface area contributed by atoms with E-state index in [9.17, 15) is 9.59 Å². The van der Waals surface area contributed by atoms with Crippen LogP contribution in [0.15, 0.2) is 12.7 Å². The minimum absolute atomic E-state index is 0.114. The van der Waals surface area contributed by atoms with Gasteiger partial charge in [-0.25, -0.2) is 9.59 Å². The molecule has 0 aromatic carbocycles. The molecule has 0 spiro atoms. The lowest BCUT2D eigenvalue weighted by molar-refractivity contribution is -0.144. The van der Waals surface area contributed by atoms with Gasteiger partial charge in [-0.1, -0.05) is 6.08 Å². The zero-order valence-electron chi connectivity index (χ0n) is 11.3. The van der Waals surface area contributed by atoms with Crippen LogP contribution in [0.1, 0.15) is 20.8 Å². The van der Waals surface area contributed by atoms with Gasteiger partial charge in [0.25, 0.3) is 0 Å². The van der Waals surface area contributed by atoms with E-state index < -0.39 is 23.7 Å². The molecule has 1 atom stereocenters.